The van der Waals surface area contributed by atoms with Crippen molar-refractivity contribution in [1.82, 2.24) is 25.1 Å². The lowest BCUT2D eigenvalue weighted by Crippen LogP contribution is -2.09. The van der Waals surface area contributed by atoms with Gasteiger partial charge in [0.1, 0.15) is 0 Å². The van der Waals surface area contributed by atoms with Gasteiger partial charge in [0.15, 0.2) is 11.5 Å². The fourth-order valence-corrected chi connectivity index (χ4v) is 1.37. The molecule has 5 heteroatoms. The summed E-state index contributed by atoms with van der Waals surface area (Å²) in [6.45, 7) is 0.988. The van der Waals surface area contributed by atoms with Crippen LogP contribution >= 0.6 is 0 Å². The number of aryl methyl sites for hydroxylation is 1. The van der Waals surface area contributed by atoms with Crippen molar-refractivity contribution >= 4 is 5.65 Å². The highest BCUT2D eigenvalue weighted by atomic mass is 15.4. The molecule has 2 aromatic heterocycles. The van der Waals surface area contributed by atoms with Crippen LogP contribution < -0.4 is 5.32 Å². The monoisotopic (exact) mass is 191 g/mol. The third-order valence-corrected chi connectivity index (χ3v) is 2.07. The molecular weight excluding hydrogens is 178 g/mol. The van der Waals surface area contributed by atoms with E-state index < -0.39 is 0 Å². The highest BCUT2D eigenvalue weighted by Crippen LogP contribution is 2.01. The van der Waals surface area contributed by atoms with Gasteiger partial charge >= 0.3 is 0 Å². The van der Waals surface area contributed by atoms with Crippen molar-refractivity contribution in [3.63, 3.8) is 0 Å². The summed E-state index contributed by atoms with van der Waals surface area (Å²) in [4.78, 5) is 0. The van der Waals surface area contributed by atoms with Gasteiger partial charge < -0.3 is 5.32 Å². The molecule has 0 saturated heterocycles. The first kappa shape index (κ1) is 9.08. The summed E-state index contributed by atoms with van der Waals surface area (Å²) in [5.41, 5.74) is 0.812. The molecule has 0 atom stereocenters. The molecule has 0 saturated carbocycles. The SMILES string of the molecule is CNCCCc1nnc2cccnn12. The van der Waals surface area contributed by atoms with Gasteiger partial charge in [-0.2, -0.15) is 9.61 Å². The molecule has 2 aromatic rings. The largest absolute Gasteiger partial charge is 0.320 e. The summed E-state index contributed by atoms with van der Waals surface area (Å²) in [5.74, 6) is 0.927. The van der Waals surface area contributed by atoms with Crippen LogP contribution in [0.4, 0.5) is 0 Å². The minimum Gasteiger partial charge on any atom is -0.320 e. The molecule has 1 N–H and O–H groups in total. The number of rotatable bonds is 4. The molecule has 0 fully saturated rings. The predicted molar refractivity (Wildman–Crippen MR) is 53.0 cm³/mol. The zero-order valence-electron chi connectivity index (χ0n) is 8.14. The van der Waals surface area contributed by atoms with Crippen molar-refractivity contribution in [1.29, 1.82) is 0 Å². The highest BCUT2D eigenvalue weighted by molar-refractivity contribution is 5.34. The second-order valence-electron chi connectivity index (χ2n) is 3.12. The van der Waals surface area contributed by atoms with Gasteiger partial charge in [-0.3, -0.25) is 0 Å². The normalized spacial score (nSPS) is 10.9. The fraction of sp³-hybridized carbons (Fsp3) is 0.444. The van der Waals surface area contributed by atoms with E-state index >= 15 is 0 Å². The van der Waals surface area contributed by atoms with E-state index in [1.54, 1.807) is 10.7 Å². The number of nitrogens with zero attached hydrogens (tertiary/aromatic N) is 4. The van der Waals surface area contributed by atoms with Gasteiger partial charge in [0.2, 0.25) is 0 Å². The van der Waals surface area contributed by atoms with Crippen molar-refractivity contribution in [3.05, 3.63) is 24.2 Å². The first-order valence-electron chi connectivity index (χ1n) is 4.72. The Kier molecular flexibility index (Phi) is 2.69. The Balaban J connectivity index is 2.17. The highest BCUT2D eigenvalue weighted by Gasteiger charge is 2.03. The Labute approximate surface area is 82.2 Å². The van der Waals surface area contributed by atoms with Crippen LogP contribution in [-0.2, 0) is 6.42 Å². The van der Waals surface area contributed by atoms with E-state index in [0.29, 0.717) is 0 Å². The van der Waals surface area contributed by atoms with Crippen LogP contribution in [0.5, 0.6) is 0 Å². The van der Waals surface area contributed by atoms with E-state index in [1.165, 1.54) is 0 Å². The van der Waals surface area contributed by atoms with E-state index in [-0.39, 0.29) is 0 Å². The number of hydrogen-bond donors (Lipinski definition) is 1. The van der Waals surface area contributed by atoms with E-state index in [0.717, 1.165) is 30.9 Å². The Bertz CT molecular complexity index is 408. The molecule has 0 bridgehead atoms. The van der Waals surface area contributed by atoms with E-state index in [9.17, 15) is 0 Å². The average Bonchev–Trinajstić information content (AvgIpc) is 2.63. The molecular formula is C9H13N5. The minimum atomic E-state index is 0.812. The second kappa shape index (κ2) is 4.15. The van der Waals surface area contributed by atoms with Crippen LogP contribution in [0, 0.1) is 0 Å². The van der Waals surface area contributed by atoms with E-state index in [1.807, 2.05) is 19.2 Å². The Morgan fingerprint density at radius 3 is 3.21 bits per heavy atom. The van der Waals surface area contributed by atoms with Crippen LogP contribution in [0.2, 0.25) is 0 Å². The number of aromatic nitrogens is 4. The molecule has 0 aromatic carbocycles. The summed E-state index contributed by atoms with van der Waals surface area (Å²) >= 11 is 0. The molecule has 0 aliphatic heterocycles. The van der Waals surface area contributed by atoms with Crippen LogP contribution in [0.1, 0.15) is 12.2 Å². The smallest absolute Gasteiger partial charge is 0.177 e. The number of nitrogens with one attached hydrogen (secondary N) is 1. The zero-order chi connectivity index (χ0) is 9.80. The standard InChI is InChI=1S/C9H13N5/c1-10-6-2-4-8-12-13-9-5-3-7-11-14(8)9/h3,5,7,10H,2,4,6H2,1H3. The molecule has 5 nitrogen and oxygen atoms in total. The summed E-state index contributed by atoms with van der Waals surface area (Å²) in [6.07, 6.45) is 3.70. The van der Waals surface area contributed by atoms with Gasteiger partial charge in [0, 0.05) is 12.6 Å². The summed E-state index contributed by atoms with van der Waals surface area (Å²) < 4.78 is 1.79. The van der Waals surface area contributed by atoms with Gasteiger partial charge in [-0.25, -0.2) is 0 Å². The van der Waals surface area contributed by atoms with Crippen LogP contribution in [-0.4, -0.2) is 33.4 Å². The maximum Gasteiger partial charge on any atom is 0.177 e. The van der Waals surface area contributed by atoms with Crippen molar-refractivity contribution in [3.8, 4) is 0 Å². The molecule has 0 radical (unpaired) electrons. The van der Waals surface area contributed by atoms with Gasteiger partial charge in [-0.1, -0.05) is 0 Å². The molecule has 0 spiro atoms. The van der Waals surface area contributed by atoms with Crippen molar-refractivity contribution in [2.45, 2.75) is 12.8 Å². The van der Waals surface area contributed by atoms with Crippen molar-refractivity contribution < 1.29 is 0 Å². The third-order valence-electron chi connectivity index (χ3n) is 2.07. The lowest BCUT2D eigenvalue weighted by molar-refractivity contribution is 0.684. The van der Waals surface area contributed by atoms with Crippen LogP contribution in [0.3, 0.4) is 0 Å². The van der Waals surface area contributed by atoms with Crippen LogP contribution in [0.15, 0.2) is 18.3 Å². The Morgan fingerprint density at radius 2 is 2.36 bits per heavy atom. The van der Waals surface area contributed by atoms with Crippen molar-refractivity contribution in [2.75, 3.05) is 13.6 Å². The Morgan fingerprint density at radius 1 is 1.43 bits per heavy atom. The van der Waals surface area contributed by atoms with Gasteiger partial charge in [-0.05, 0) is 32.1 Å². The lowest BCUT2D eigenvalue weighted by atomic mass is 10.3. The van der Waals surface area contributed by atoms with Gasteiger partial charge in [-0.15, -0.1) is 10.2 Å². The Hall–Kier alpha value is -1.49. The van der Waals surface area contributed by atoms with E-state index in [2.05, 4.69) is 20.6 Å². The van der Waals surface area contributed by atoms with Crippen LogP contribution in [0.25, 0.3) is 5.65 Å². The molecule has 74 valence electrons. The molecule has 2 heterocycles. The maximum atomic E-state index is 4.19. The van der Waals surface area contributed by atoms with Crippen molar-refractivity contribution in [2.24, 2.45) is 0 Å². The topological polar surface area (TPSA) is 55.1 Å². The lowest BCUT2D eigenvalue weighted by Gasteiger charge is -1.97. The summed E-state index contributed by atoms with van der Waals surface area (Å²) in [6, 6.07) is 3.77. The van der Waals surface area contributed by atoms with Gasteiger partial charge in [0.25, 0.3) is 0 Å². The quantitative estimate of drug-likeness (QED) is 0.705. The number of hydrogen-bond acceptors (Lipinski definition) is 4. The first-order chi connectivity index (χ1) is 6.92. The maximum absolute atomic E-state index is 4.19. The summed E-state index contributed by atoms with van der Waals surface area (Å²) in [5, 5.41) is 15.4. The van der Waals surface area contributed by atoms with Gasteiger partial charge in [0.05, 0.1) is 0 Å². The average molecular weight is 191 g/mol. The fourth-order valence-electron chi connectivity index (χ4n) is 1.37. The molecule has 0 unspecified atom stereocenters. The number of fused-ring (bicyclic) bond motifs is 1. The molecule has 0 aliphatic carbocycles. The minimum absolute atomic E-state index is 0.812. The van der Waals surface area contributed by atoms with E-state index in [4.69, 9.17) is 0 Å². The zero-order valence-corrected chi connectivity index (χ0v) is 8.14. The first-order valence-corrected chi connectivity index (χ1v) is 4.72. The molecule has 0 aliphatic rings. The molecule has 0 amide bonds. The summed E-state index contributed by atoms with van der Waals surface area (Å²) in [7, 11) is 1.94. The molecule has 2 rings (SSSR count). The molecule has 14 heavy (non-hydrogen) atoms. The second-order valence-corrected chi connectivity index (χ2v) is 3.12. The predicted octanol–water partition coefficient (Wildman–Crippen LogP) is 0.276. The third kappa shape index (κ3) is 1.72.